The molecule has 118 valence electrons. The largest absolute Gasteiger partial charge is 0.397 e. The van der Waals surface area contributed by atoms with E-state index in [1.165, 1.54) is 0 Å². The topological polar surface area (TPSA) is 168 Å². The number of hydrogen-bond donors (Lipinski definition) is 4. The van der Waals surface area contributed by atoms with Crippen molar-refractivity contribution in [2.45, 2.75) is 24.5 Å². The molecule has 2 heterocycles. The monoisotopic (exact) mass is 324 g/mol. The van der Waals surface area contributed by atoms with Gasteiger partial charge < -0.3 is 14.9 Å². The van der Waals surface area contributed by atoms with Crippen LogP contribution in [-0.4, -0.2) is 57.7 Å². The molecule has 21 heavy (non-hydrogen) atoms. The molecular weight excluding hydrogens is 312 g/mol. The highest BCUT2D eigenvalue weighted by Gasteiger charge is 2.44. The fraction of sp³-hybridized carbons (Fsp3) is 0.556. The summed E-state index contributed by atoms with van der Waals surface area (Å²) in [7, 11) is -4.74. The van der Waals surface area contributed by atoms with Crippen molar-refractivity contribution in [3.63, 3.8) is 0 Å². The molecule has 4 N–H and O–H groups in total. The number of aliphatic hydroxyl groups excluding tert-OH is 2. The Bertz CT molecular complexity index is 723. The van der Waals surface area contributed by atoms with E-state index in [4.69, 9.17) is 9.29 Å². The maximum absolute atomic E-state index is 11.6. The number of nitrogens with zero attached hydrogens (tertiary/aromatic N) is 1. The van der Waals surface area contributed by atoms with E-state index in [-0.39, 0.29) is 0 Å². The highest BCUT2D eigenvalue weighted by molar-refractivity contribution is 7.80. The molecule has 1 aromatic heterocycles. The first-order valence-corrected chi connectivity index (χ1v) is 7.00. The van der Waals surface area contributed by atoms with Crippen LogP contribution in [0.4, 0.5) is 0 Å². The lowest BCUT2D eigenvalue weighted by Crippen LogP contribution is -2.37. The highest BCUT2D eigenvalue weighted by Crippen LogP contribution is 2.28. The molecule has 0 unspecified atom stereocenters. The minimum atomic E-state index is -4.74. The van der Waals surface area contributed by atoms with Crippen LogP contribution in [0.15, 0.2) is 21.9 Å². The fourth-order valence-electron chi connectivity index (χ4n) is 1.88. The summed E-state index contributed by atoms with van der Waals surface area (Å²) in [5.74, 6) is 0. The van der Waals surface area contributed by atoms with Crippen molar-refractivity contribution in [3.8, 4) is 0 Å². The number of aliphatic hydroxyl groups is 2. The Labute approximate surface area is 117 Å². The third kappa shape index (κ3) is 3.55. The predicted molar refractivity (Wildman–Crippen MR) is 64.7 cm³/mol. The maximum Gasteiger partial charge on any atom is 0.397 e. The van der Waals surface area contributed by atoms with Crippen LogP contribution < -0.4 is 11.2 Å². The van der Waals surface area contributed by atoms with Crippen LogP contribution in [-0.2, 0) is 19.3 Å². The van der Waals surface area contributed by atoms with Gasteiger partial charge in [0.25, 0.3) is 5.56 Å². The summed E-state index contributed by atoms with van der Waals surface area (Å²) in [5, 5.41) is 19.5. The number of aromatic nitrogens is 2. The molecule has 2 rings (SSSR count). The molecule has 0 radical (unpaired) electrons. The van der Waals surface area contributed by atoms with Gasteiger partial charge in [-0.3, -0.25) is 18.9 Å². The van der Waals surface area contributed by atoms with Crippen molar-refractivity contribution in [1.82, 2.24) is 9.55 Å². The first-order valence-electron chi connectivity index (χ1n) is 5.64. The second kappa shape index (κ2) is 5.67. The zero-order valence-corrected chi connectivity index (χ0v) is 11.1. The molecule has 12 heteroatoms. The summed E-state index contributed by atoms with van der Waals surface area (Å²) in [5.41, 5.74) is -1.54. The molecule has 0 spiro atoms. The van der Waals surface area contributed by atoms with Crippen molar-refractivity contribution in [1.29, 1.82) is 0 Å². The Balaban J connectivity index is 2.19. The second-order valence-corrected chi connectivity index (χ2v) is 5.37. The second-order valence-electron chi connectivity index (χ2n) is 4.28. The van der Waals surface area contributed by atoms with Gasteiger partial charge in [-0.1, -0.05) is 0 Å². The summed E-state index contributed by atoms with van der Waals surface area (Å²) < 4.78 is 39.4. The summed E-state index contributed by atoms with van der Waals surface area (Å²) in [6, 6.07) is 1.01. The Hall–Kier alpha value is -1.57. The summed E-state index contributed by atoms with van der Waals surface area (Å²) in [4.78, 5) is 24.4. The average Bonchev–Trinajstić information content (AvgIpc) is 2.64. The van der Waals surface area contributed by atoms with E-state index < -0.39 is 52.8 Å². The Morgan fingerprint density at radius 1 is 1.33 bits per heavy atom. The molecule has 1 aliphatic rings. The van der Waals surface area contributed by atoms with Gasteiger partial charge in [0.2, 0.25) is 0 Å². The van der Waals surface area contributed by atoms with Crippen molar-refractivity contribution in [2.75, 3.05) is 6.61 Å². The van der Waals surface area contributed by atoms with E-state index >= 15 is 0 Å². The smallest absolute Gasteiger partial charge is 0.387 e. The van der Waals surface area contributed by atoms with Gasteiger partial charge in [0.1, 0.15) is 18.3 Å². The highest BCUT2D eigenvalue weighted by atomic mass is 32.3. The normalized spacial score (nSPS) is 29.7. The molecule has 0 aromatic carbocycles. The molecule has 0 amide bonds. The minimum absolute atomic E-state index is 0.657. The zero-order valence-electron chi connectivity index (χ0n) is 10.3. The van der Waals surface area contributed by atoms with Crippen molar-refractivity contribution < 1.29 is 32.1 Å². The molecular formula is C9H12N2O9S. The number of hydrogen-bond acceptors (Lipinski definition) is 8. The molecule has 0 aliphatic carbocycles. The van der Waals surface area contributed by atoms with Crippen LogP contribution in [0.1, 0.15) is 6.23 Å². The fourth-order valence-corrected chi connectivity index (χ4v) is 2.18. The van der Waals surface area contributed by atoms with E-state index in [1.54, 1.807) is 0 Å². The summed E-state index contributed by atoms with van der Waals surface area (Å²) in [6.45, 7) is -0.758. The zero-order chi connectivity index (χ0) is 15.8. The third-order valence-electron chi connectivity index (χ3n) is 2.84. The lowest BCUT2D eigenvalue weighted by molar-refractivity contribution is -0.0519. The minimum Gasteiger partial charge on any atom is -0.387 e. The number of ether oxygens (including phenoxy) is 1. The molecule has 1 fully saturated rings. The molecule has 1 aliphatic heterocycles. The van der Waals surface area contributed by atoms with Crippen LogP contribution in [0.3, 0.4) is 0 Å². The summed E-state index contributed by atoms with van der Waals surface area (Å²) >= 11 is 0. The van der Waals surface area contributed by atoms with E-state index in [1.807, 2.05) is 4.98 Å². The Morgan fingerprint density at radius 3 is 2.57 bits per heavy atom. The molecule has 1 aromatic rings. The van der Waals surface area contributed by atoms with Gasteiger partial charge in [0.05, 0.1) is 6.61 Å². The van der Waals surface area contributed by atoms with Gasteiger partial charge in [-0.15, -0.1) is 0 Å². The van der Waals surface area contributed by atoms with Crippen LogP contribution in [0.5, 0.6) is 0 Å². The van der Waals surface area contributed by atoms with Gasteiger partial charge in [-0.05, 0) is 0 Å². The van der Waals surface area contributed by atoms with Crippen molar-refractivity contribution in [3.05, 3.63) is 33.1 Å². The molecule has 11 nitrogen and oxygen atoms in total. The lowest BCUT2D eigenvalue weighted by Gasteiger charge is -2.16. The first kappa shape index (κ1) is 15.8. The molecule has 0 bridgehead atoms. The van der Waals surface area contributed by atoms with E-state index in [0.29, 0.717) is 0 Å². The Morgan fingerprint density at radius 2 is 2.00 bits per heavy atom. The lowest BCUT2D eigenvalue weighted by atomic mass is 10.1. The van der Waals surface area contributed by atoms with E-state index in [2.05, 4.69) is 4.18 Å². The Kier molecular flexibility index (Phi) is 4.27. The van der Waals surface area contributed by atoms with Gasteiger partial charge in [-0.25, -0.2) is 8.98 Å². The van der Waals surface area contributed by atoms with Crippen LogP contribution in [0.2, 0.25) is 0 Å². The third-order valence-corrected chi connectivity index (χ3v) is 3.28. The van der Waals surface area contributed by atoms with Gasteiger partial charge in [0, 0.05) is 12.3 Å². The molecule has 1 saturated heterocycles. The van der Waals surface area contributed by atoms with Crippen LogP contribution in [0, 0.1) is 0 Å². The number of rotatable bonds is 4. The quantitative estimate of drug-likeness (QED) is 0.421. The standard InChI is InChI=1S/C9H12N2O9S/c12-5-1-2-11(9(15)10-5)8-7(14)6(13)4(20-8)3-19-21(16,17)18/h1-2,4,6-8,13-14H,3H2,(H,10,12,15)(H,16,17,18)/t4-,6-,7-,8-/m1/s1. The molecule has 0 saturated carbocycles. The van der Waals surface area contributed by atoms with Gasteiger partial charge in [-0.2, -0.15) is 8.42 Å². The SMILES string of the molecule is O=c1ccn([C@@H]2O[C@H](COS(=O)(=O)O)[C@@H](O)[C@H]2O)c(=O)[nH]1. The van der Waals surface area contributed by atoms with Crippen LogP contribution >= 0.6 is 0 Å². The number of aromatic amines is 1. The van der Waals surface area contributed by atoms with Gasteiger partial charge >= 0.3 is 16.1 Å². The van der Waals surface area contributed by atoms with E-state index in [0.717, 1.165) is 16.8 Å². The average molecular weight is 324 g/mol. The predicted octanol–water partition coefficient (Wildman–Crippen LogP) is -3.02. The maximum atomic E-state index is 11.6. The first-order chi connectivity index (χ1) is 9.69. The van der Waals surface area contributed by atoms with Crippen molar-refractivity contribution in [2.24, 2.45) is 0 Å². The van der Waals surface area contributed by atoms with E-state index in [9.17, 15) is 28.2 Å². The van der Waals surface area contributed by atoms with Crippen LogP contribution in [0.25, 0.3) is 0 Å². The van der Waals surface area contributed by atoms with Crippen molar-refractivity contribution >= 4 is 10.4 Å². The van der Waals surface area contributed by atoms with Gasteiger partial charge in [0.15, 0.2) is 6.23 Å². The summed E-state index contributed by atoms with van der Waals surface area (Å²) in [6.07, 6.45) is -4.72. The number of nitrogens with one attached hydrogen (secondary N) is 1. The number of H-pyrrole nitrogens is 1. The molecule has 4 atom stereocenters.